The first-order valence-electron chi connectivity index (χ1n) is 5.26. The molecule has 1 aromatic carbocycles. The monoisotopic (exact) mass is 266 g/mol. The van der Waals surface area contributed by atoms with Crippen molar-refractivity contribution in [2.75, 3.05) is 12.3 Å². The van der Waals surface area contributed by atoms with Crippen molar-refractivity contribution in [2.24, 2.45) is 0 Å². The summed E-state index contributed by atoms with van der Waals surface area (Å²) in [7, 11) is 0. The number of rotatable bonds is 3. The van der Waals surface area contributed by atoms with Gasteiger partial charge in [0.1, 0.15) is 5.37 Å². The number of nitrogens with zero attached hydrogens (tertiary/aromatic N) is 2. The Kier molecular flexibility index (Phi) is 3.93. The molecule has 0 radical (unpaired) electrons. The average molecular weight is 267 g/mol. The van der Waals surface area contributed by atoms with Crippen molar-refractivity contribution in [3.63, 3.8) is 0 Å². The summed E-state index contributed by atoms with van der Waals surface area (Å²) >= 11 is 7.69. The molecule has 3 nitrogen and oxygen atoms in total. The zero-order valence-electron chi connectivity index (χ0n) is 9.10. The molecular formula is C12H11ClN2OS. The van der Waals surface area contributed by atoms with Gasteiger partial charge in [-0.15, -0.1) is 11.8 Å². The predicted octanol–water partition coefficient (Wildman–Crippen LogP) is 2.83. The molecule has 1 aliphatic heterocycles. The predicted molar refractivity (Wildman–Crippen MR) is 68.6 cm³/mol. The summed E-state index contributed by atoms with van der Waals surface area (Å²) in [5.41, 5.74) is 0.947. The van der Waals surface area contributed by atoms with Crippen LogP contribution in [0, 0.1) is 11.3 Å². The van der Waals surface area contributed by atoms with Gasteiger partial charge in [-0.1, -0.05) is 29.8 Å². The number of nitriles is 1. The van der Waals surface area contributed by atoms with E-state index in [4.69, 9.17) is 16.9 Å². The van der Waals surface area contributed by atoms with E-state index in [1.54, 1.807) is 16.7 Å². The third kappa shape index (κ3) is 2.56. The first-order chi connectivity index (χ1) is 8.24. The number of carbonyl (C=O) groups excluding carboxylic acids is 1. The molecule has 1 atom stereocenters. The van der Waals surface area contributed by atoms with E-state index in [-0.39, 0.29) is 11.3 Å². The third-order valence-electron chi connectivity index (χ3n) is 2.60. The Balaban J connectivity index is 2.23. The molecule has 2 rings (SSSR count). The number of thioether (sulfide) groups is 1. The van der Waals surface area contributed by atoms with Crippen LogP contribution < -0.4 is 0 Å². The zero-order chi connectivity index (χ0) is 12.3. The Bertz CT molecular complexity index is 472. The van der Waals surface area contributed by atoms with Crippen molar-refractivity contribution in [3.8, 4) is 6.07 Å². The first kappa shape index (κ1) is 12.3. The molecule has 1 aromatic rings. The smallest absolute Gasteiger partial charge is 0.233 e. The van der Waals surface area contributed by atoms with Gasteiger partial charge in [-0.3, -0.25) is 4.79 Å². The molecule has 0 N–H and O–H groups in total. The summed E-state index contributed by atoms with van der Waals surface area (Å²) in [6, 6.07) is 9.59. The summed E-state index contributed by atoms with van der Waals surface area (Å²) in [6.45, 7) is 0.470. The molecule has 1 fully saturated rings. The van der Waals surface area contributed by atoms with E-state index < -0.39 is 0 Å². The summed E-state index contributed by atoms with van der Waals surface area (Å²) in [6.07, 6.45) is 0.354. The highest BCUT2D eigenvalue weighted by molar-refractivity contribution is 8.00. The minimum absolute atomic E-state index is 0.0513. The standard InChI is InChI=1S/C12H11ClN2OS/c13-10-5-2-1-4-9(10)12-15(7-3-6-14)11(16)8-17-12/h1-2,4-5,12H,3,7-8H2. The third-order valence-corrected chi connectivity index (χ3v) is 4.19. The molecule has 17 heavy (non-hydrogen) atoms. The van der Waals surface area contributed by atoms with Gasteiger partial charge in [-0.25, -0.2) is 0 Å². The molecule has 0 spiro atoms. The van der Waals surface area contributed by atoms with Crippen molar-refractivity contribution in [3.05, 3.63) is 34.9 Å². The number of carbonyl (C=O) groups is 1. The molecule has 0 aromatic heterocycles. The maximum absolute atomic E-state index is 11.7. The number of hydrogen-bond acceptors (Lipinski definition) is 3. The van der Waals surface area contributed by atoms with Crippen LogP contribution in [0.2, 0.25) is 5.02 Å². The van der Waals surface area contributed by atoms with E-state index in [9.17, 15) is 4.79 Å². The van der Waals surface area contributed by atoms with Crippen molar-refractivity contribution in [2.45, 2.75) is 11.8 Å². The van der Waals surface area contributed by atoms with E-state index in [0.29, 0.717) is 23.7 Å². The number of amides is 1. The van der Waals surface area contributed by atoms with Crippen molar-refractivity contribution in [1.82, 2.24) is 4.90 Å². The second-order valence-corrected chi connectivity index (χ2v) is 5.16. The Labute approximate surface area is 109 Å². The number of benzene rings is 1. The lowest BCUT2D eigenvalue weighted by atomic mass is 10.2. The van der Waals surface area contributed by atoms with Gasteiger partial charge in [0.15, 0.2) is 0 Å². The zero-order valence-corrected chi connectivity index (χ0v) is 10.7. The van der Waals surface area contributed by atoms with Crippen LogP contribution in [0.1, 0.15) is 17.4 Å². The fourth-order valence-corrected chi connectivity index (χ4v) is 3.36. The topological polar surface area (TPSA) is 44.1 Å². The molecule has 1 aliphatic rings. The van der Waals surface area contributed by atoms with E-state index in [1.165, 1.54) is 0 Å². The Morgan fingerprint density at radius 3 is 3.00 bits per heavy atom. The molecule has 5 heteroatoms. The summed E-state index contributed by atoms with van der Waals surface area (Å²) < 4.78 is 0. The quantitative estimate of drug-likeness (QED) is 0.845. The van der Waals surface area contributed by atoms with E-state index in [0.717, 1.165) is 5.56 Å². The van der Waals surface area contributed by atoms with Crippen LogP contribution in [-0.4, -0.2) is 23.1 Å². The minimum Gasteiger partial charge on any atom is -0.325 e. The van der Waals surface area contributed by atoms with Gasteiger partial charge in [0.25, 0.3) is 0 Å². The van der Waals surface area contributed by atoms with Gasteiger partial charge in [0.05, 0.1) is 18.2 Å². The second-order valence-electron chi connectivity index (χ2n) is 3.68. The highest BCUT2D eigenvalue weighted by atomic mass is 35.5. The SMILES string of the molecule is N#CCCN1C(=O)CSC1c1ccccc1Cl. The first-order valence-corrected chi connectivity index (χ1v) is 6.69. The highest BCUT2D eigenvalue weighted by Crippen LogP contribution is 2.41. The van der Waals surface area contributed by atoms with Crippen molar-refractivity contribution >= 4 is 29.3 Å². The van der Waals surface area contributed by atoms with Crippen LogP contribution >= 0.6 is 23.4 Å². The normalized spacial score (nSPS) is 19.4. The number of hydrogen-bond donors (Lipinski definition) is 0. The minimum atomic E-state index is -0.0513. The Morgan fingerprint density at radius 2 is 2.29 bits per heavy atom. The fraction of sp³-hybridized carbons (Fsp3) is 0.333. The van der Waals surface area contributed by atoms with Crippen LogP contribution in [0.3, 0.4) is 0 Å². The summed E-state index contributed by atoms with van der Waals surface area (Å²) in [4.78, 5) is 13.5. The molecule has 1 heterocycles. The van der Waals surface area contributed by atoms with Crippen molar-refractivity contribution < 1.29 is 4.79 Å². The maximum atomic E-state index is 11.7. The Morgan fingerprint density at radius 1 is 1.53 bits per heavy atom. The van der Waals surface area contributed by atoms with Crippen LogP contribution in [0.25, 0.3) is 0 Å². The van der Waals surface area contributed by atoms with Crippen LogP contribution in [0.4, 0.5) is 0 Å². The lowest BCUT2D eigenvalue weighted by Gasteiger charge is -2.23. The average Bonchev–Trinajstić information content (AvgIpc) is 2.69. The lowest BCUT2D eigenvalue weighted by Crippen LogP contribution is -2.29. The van der Waals surface area contributed by atoms with Gasteiger partial charge < -0.3 is 4.90 Å². The molecule has 1 saturated heterocycles. The largest absolute Gasteiger partial charge is 0.325 e. The molecule has 88 valence electrons. The Hall–Kier alpha value is -1.18. The van der Waals surface area contributed by atoms with Gasteiger partial charge >= 0.3 is 0 Å². The van der Waals surface area contributed by atoms with Crippen LogP contribution in [0.5, 0.6) is 0 Å². The molecule has 0 bridgehead atoms. The molecular weight excluding hydrogens is 256 g/mol. The molecule has 0 aliphatic carbocycles. The van der Waals surface area contributed by atoms with E-state index in [1.807, 2.05) is 24.3 Å². The fourth-order valence-electron chi connectivity index (χ4n) is 1.80. The van der Waals surface area contributed by atoms with Crippen molar-refractivity contribution in [1.29, 1.82) is 5.26 Å². The maximum Gasteiger partial charge on any atom is 0.233 e. The lowest BCUT2D eigenvalue weighted by molar-refractivity contribution is -0.127. The summed E-state index contributed by atoms with van der Waals surface area (Å²) in [5.74, 6) is 0.539. The van der Waals surface area contributed by atoms with Gasteiger partial charge in [-0.05, 0) is 6.07 Å². The van der Waals surface area contributed by atoms with Gasteiger partial charge in [0, 0.05) is 17.1 Å². The van der Waals surface area contributed by atoms with E-state index >= 15 is 0 Å². The summed E-state index contributed by atoms with van der Waals surface area (Å²) in [5, 5.41) is 9.22. The molecule has 1 unspecified atom stereocenters. The highest BCUT2D eigenvalue weighted by Gasteiger charge is 2.33. The second kappa shape index (κ2) is 5.44. The molecule has 0 saturated carbocycles. The number of halogens is 1. The van der Waals surface area contributed by atoms with Crippen LogP contribution in [0.15, 0.2) is 24.3 Å². The van der Waals surface area contributed by atoms with E-state index in [2.05, 4.69) is 6.07 Å². The molecule has 1 amide bonds. The van der Waals surface area contributed by atoms with Gasteiger partial charge in [-0.2, -0.15) is 5.26 Å². The van der Waals surface area contributed by atoms with Gasteiger partial charge in [0.2, 0.25) is 5.91 Å². The van der Waals surface area contributed by atoms with Crippen LogP contribution in [-0.2, 0) is 4.79 Å².